The van der Waals surface area contributed by atoms with Crippen LogP contribution in [-0.2, 0) is 20.5 Å². The van der Waals surface area contributed by atoms with Crippen molar-refractivity contribution in [3.8, 4) is 0 Å². The maximum absolute atomic E-state index is 13.8. The van der Waals surface area contributed by atoms with E-state index in [0.29, 0.717) is 19.6 Å². The van der Waals surface area contributed by atoms with E-state index in [1.807, 2.05) is 56.3 Å². The molecule has 0 bridgehead atoms. The van der Waals surface area contributed by atoms with E-state index in [1.54, 1.807) is 34.7 Å². The van der Waals surface area contributed by atoms with Crippen LogP contribution in [0.1, 0.15) is 58.3 Å². The van der Waals surface area contributed by atoms with E-state index < -0.39 is 25.0 Å². The van der Waals surface area contributed by atoms with Gasteiger partial charge in [-0.2, -0.15) is 0 Å². The van der Waals surface area contributed by atoms with Crippen LogP contribution in [0.2, 0.25) is 0 Å². The highest BCUT2D eigenvalue weighted by Crippen LogP contribution is 2.46. The second-order valence-corrected chi connectivity index (χ2v) is 15.9. The van der Waals surface area contributed by atoms with Crippen molar-refractivity contribution in [3.05, 3.63) is 59.8 Å². The number of aliphatic hydroxyl groups excluding tert-OH is 1. The van der Waals surface area contributed by atoms with Crippen molar-refractivity contribution in [3.63, 3.8) is 0 Å². The number of aliphatic carboxylic acids is 1. The molecular weight excluding hydrogens is 527 g/mol. The van der Waals surface area contributed by atoms with E-state index in [0.717, 1.165) is 21.9 Å². The van der Waals surface area contributed by atoms with E-state index in [9.17, 15) is 19.6 Å². The highest BCUT2D eigenvalue weighted by Gasteiger charge is 2.34. The first-order valence-electron chi connectivity index (χ1n) is 12.5. The average Bonchev–Trinajstić information content (AvgIpc) is 2.82. The molecule has 0 aliphatic heterocycles. The van der Waals surface area contributed by atoms with Crippen LogP contribution in [0.25, 0.3) is 0 Å². The molecule has 206 valence electrons. The first-order chi connectivity index (χ1) is 17.3. The van der Waals surface area contributed by atoms with E-state index in [2.05, 4.69) is 23.9 Å². The third-order valence-electron chi connectivity index (χ3n) is 5.68. The third-order valence-corrected chi connectivity index (χ3v) is 11.4. The lowest BCUT2D eigenvalue weighted by molar-refractivity contribution is -0.136. The molecule has 7 nitrogen and oxygen atoms in total. The fourth-order valence-corrected chi connectivity index (χ4v) is 9.03. The number of hydrogen-bond acceptors (Lipinski definition) is 7. The number of benzene rings is 1. The zero-order valence-corrected chi connectivity index (χ0v) is 25.0. The molecule has 37 heavy (non-hydrogen) atoms. The van der Waals surface area contributed by atoms with Gasteiger partial charge in [0.2, 0.25) is 0 Å². The molecule has 1 aromatic carbocycles. The summed E-state index contributed by atoms with van der Waals surface area (Å²) in [7, 11) is 0.351. The minimum atomic E-state index is -3.01. The first kappa shape index (κ1) is 31.9. The number of carboxylic acids is 1. The van der Waals surface area contributed by atoms with Gasteiger partial charge in [0.25, 0.3) is 0 Å². The summed E-state index contributed by atoms with van der Waals surface area (Å²) >= 11 is 0. The van der Waals surface area contributed by atoms with Crippen LogP contribution in [0.3, 0.4) is 0 Å². The molecule has 1 heterocycles. The van der Waals surface area contributed by atoms with Crippen LogP contribution in [-0.4, -0.2) is 58.0 Å². The van der Waals surface area contributed by atoms with Gasteiger partial charge in [0.15, 0.2) is 7.29 Å². The monoisotopic (exact) mass is 568 g/mol. The van der Waals surface area contributed by atoms with Crippen LogP contribution in [0.4, 0.5) is 0 Å². The summed E-state index contributed by atoms with van der Waals surface area (Å²) < 4.78 is 20.1. The zero-order chi connectivity index (χ0) is 27.5. The molecule has 0 radical (unpaired) electrons. The smallest absolute Gasteiger partial charge is 0.303 e. The number of aliphatic hydroxyl groups is 1. The molecule has 0 saturated heterocycles. The van der Waals surface area contributed by atoms with Crippen LogP contribution in [0, 0.1) is 5.41 Å². The molecule has 10 heteroatoms. The normalized spacial score (nSPS) is 14.8. The van der Waals surface area contributed by atoms with E-state index in [1.165, 1.54) is 0 Å². The highest BCUT2D eigenvalue weighted by atomic mass is 33.1. The maximum Gasteiger partial charge on any atom is 0.303 e. The highest BCUT2D eigenvalue weighted by molar-refractivity contribution is 8.76. The Morgan fingerprint density at radius 1 is 1.16 bits per heavy atom. The predicted molar refractivity (Wildman–Crippen MR) is 155 cm³/mol. The fourth-order valence-electron chi connectivity index (χ4n) is 3.60. The number of ether oxygens (including phenoxy) is 1. The van der Waals surface area contributed by atoms with Gasteiger partial charge in [-0.15, -0.1) is 0 Å². The second kappa shape index (κ2) is 14.7. The van der Waals surface area contributed by atoms with Crippen molar-refractivity contribution in [1.82, 2.24) is 10.1 Å². The van der Waals surface area contributed by atoms with Gasteiger partial charge >= 0.3 is 5.97 Å². The quantitative estimate of drug-likeness (QED) is 0.150. The van der Waals surface area contributed by atoms with Crippen LogP contribution >= 0.6 is 28.9 Å². The van der Waals surface area contributed by atoms with Gasteiger partial charge in [0, 0.05) is 30.8 Å². The number of nitrogens with one attached hydrogen (secondary N) is 1. The summed E-state index contributed by atoms with van der Waals surface area (Å²) in [6.07, 6.45) is 2.08. The molecule has 0 spiro atoms. The van der Waals surface area contributed by atoms with Gasteiger partial charge in [0.1, 0.15) is 5.03 Å². The standard InChI is InChI=1S/C27H41N2O5PS2/c1-21(30)23-11-9-22(10-12-23)13-16-29-35(33,17-14-25(31)32)19-27(4,5)34-18-26(2,3)20-36-37-24-8-6-7-15-28-24/h6-12,15,21,30H,13-14,16-20H2,1-5H3,(H,29,33)(H,31,32). The molecule has 2 aromatic rings. The topological polar surface area (TPSA) is 109 Å². The Kier molecular flexibility index (Phi) is 12.7. The molecule has 2 rings (SSSR count). The van der Waals surface area contributed by atoms with Crippen molar-refractivity contribution in [1.29, 1.82) is 0 Å². The first-order valence-corrected chi connectivity index (χ1v) is 16.9. The Bertz CT molecular complexity index is 1020. The second-order valence-electron chi connectivity index (χ2n) is 10.7. The SMILES string of the molecule is CC(O)c1ccc(CCNP(=O)(CCC(=O)O)CC(C)(C)OCC(C)(C)CSSc2ccccn2)cc1. The lowest BCUT2D eigenvalue weighted by Crippen LogP contribution is -2.37. The minimum Gasteiger partial charge on any atom is -0.481 e. The molecule has 2 atom stereocenters. The van der Waals surface area contributed by atoms with Crippen LogP contribution in [0.15, 0.2) is 53.7 Å². The van der Waals surface area contributed by atoms with Gasteiger partial charge in [0.05, 0.1) is 24.7 Å². The third kappa shape index (κ3) is 12.8. The average molecular weight is 569 g/mol. The summed E-state index contributed by atoms with van der Waals surface area (Å²) in [4.78, 5) is 15.6. The van der Waals surface area contributed by atoms with Crippen molar-refractivity contribution in [2.24, 2.45) is 5.41 Å². The summed E-state index contributed by atoms with van der Waals surface area (Å²) in [5, 5.41) is 23.1. The molecule has 0 fully saturated rings. The number of rotatable bonds is 17. The van der Waals surface area contributed by atoms with Gasteiger partial charge in [-0.1, -0.05) is 55.0 Å². The van der Waals surface area contributed by atoms with E-state index >= 15 is 0 Å². The molecule has 2 unspecified atom stereocenters. The number of carboxylic acid groups (broad SMARTS) is 1. The lowest BCUT2D eigenvalue weighted by Gasteiger charge is -2.34. The molecular formula is C27H41N2O5PS2. The largest absolute Gasteiger partial charge is 0.481 e. The maximum atomic E-state index is 13.8. The molecule has 0 aliphatic rings. The van der Waals surface area contributed by atoms with Gasteiger partial charge in [-0.05, 0) is 66.7 Å². The van der Waals surface area contributed by atoms with Gasteiger partial charge in [-0.25, -0.2) is 4.98 Å². The summed E-state index contributed by atoms with van der Waals surface area (Å²) in [6.45, 7) is 10.8. The van der Waals surface area contributed by atoms with E-state index in [4.69, 9.17) is 4.74 Å². The number of hydrogen-bond donors (Lipinski definition) is 3. The van der Waals surface area contributed by atoms with Gasteiger partial charge < -0.3 is 19.5 Å². The van der Waals surface area contributed by atoms with Gasteiger partial charge in [-0.3, -0.25) is 9.88 Å². The van der Waals surface area contributed by atoms with Crippen molar-refractivity contribution in [2.45, 2.75) is 64.2 Å². The molecule has 3 N–H and O–H groups in total. The predicted octanol–water partition coefficient (Wildman–Crippen LogP) is 6.28. The van der Waals surface area contributed by atoms with Crippen LogP contribution < -0.4 is 5.09 Å². The Hall–Kier alpha value is -1.35. The number of nitrogens with zero attached hydrogens (tertiary/aromatic N) is 1. The summed E-state index contributed by atoms with van der Waals surface area (Å²) in [5.41, 5.74) is 1.11. The van der Waals surface area contributed by atoms with Crippen molar-refractivity contribution < 1.29 is 24.3 Å². The molecule has 1 aromatic heterocycles. The van der Waals surface area contributed by atoms with E-state index in [-0.39, 0.29) is 24.2 Å². The van der Waals surface area contributed by atoms with Crippen molar-refractivity contribution >= 4 is 34.8 Å². The summed E-state index contributed by atoms with van der Waals surface area (Å²) in [5.74, 6) is -0.106. The minimum absolute atomic E-state index is 0.0794. The Labute approximate surface area is 229 Å². The number of carbonyl (C=O) groups is 1. The fraction of sp³-hybridized carbons (Fsp3) is 0.556. The lowest BCUT2D eigenvalue weighted by atomic mass is 9.97. The number of pyridine rings is 1. The Morgan fingerprint density at radius 2 is 1.86 bits per heavy atom. The van der Waals surface area contributed by atoms with Crippen LogP contribution in [0.5, 0.6) is 0 Å². The Balaban J connectivity index is 1.91. The summed E-state index contributed by atoms with van der Waals surface area (Å²) in [6, 6.07) is 13.5. The van der Waals surface area contributed by atoms with Crippen molar-refractivity contribution in [2.75, 3.05) is 31.2 Å². The molecule has 0 aliphatic carbocycles. The molecule has 0 saturated carbocycles. The number of aromatic nitrogens is 1. The zero-order valence-electron chi connectivity index (χ0n) is 22.5. The molecule has 0 amide bonds. The Morgan fingerprint density at radius 3 is 2.46 bits per heavy atom.